The van der Waals surface area contributed by atoms with Crippen molar-refractivity contribution in [3.63, 3.8) is 0 Å². The summed E-state index contributed by atoms with van der Waals surface area (Å²) in [6.07, 6.45) is 0. The summed E-state index contributed by atoms with van der Waals surface area (Å²) in [7, 11) is -2.54. The van der Waals surface area contributed by atoms with Gasteiger partial charge in [0.05, 0.1) is 17.7 Å². The van der Waals surface area contributed by atoms with Crippen molar-refractivity contribution < 1.29 is 17.5 Å². The van der Waals surface area contributed by atoms with E-state index in [2.05, 4.69) is 28.8 Å². The molecule has 33 heavy (non-hydrogen) atoms. The minimum absolute atomic E-state index is 0.146. The molecule has 4 rings (SSSR count). The van der Waals surface area contributed by atoms with Crippen LogP contribution in [0.1, 0.15) is 18.7 Å². The fourth-order valence-electron chi connectivity index (χ4n) is 4.20. The van der Waals surface area contributed by atoms with Gasteiger partial charge in [0.2, 0.25) is 0 Å². The fraction of sp³-hybridized carbons (Fsp3) is 0.333. The van der Waals surface area contributed by atoms with Gasteiger partial charge in [0.1, 0.15) is 11.6 Å². The zero-order valence-electron chi connectivity index (χ0n) is 19.1. The zero-order chi connectivity index (χ0) is 23.8. The molecule has 1 fully saturated rings. The standard InChI is InChI=1S/C24H28FN3O3S2/c1-15-12-28(13-16(2)26-15)19-5-8-24(31-4)23(10-19)27-33(29,30)20-6-7-21(22(25)11-20)18-9-17(3)32-14-18/h5-11,14-16,26-27H,12-13H2,1-4H3/t15-,16+. The van der Waals surface area contributed by atoms with E-state index < -0.39 is 15.8 Å². The Morgan fingerprint density at radius 1 is 1.12 bits per heavy atom. The number of nitrogens with one attached hydrogen (secondary N) is 2. The number of methoxy groups -OCH3 is 1. The van der Waals surface area contributed by atoms with Gasteiger partial charge in [-0.15, -0.1) is 11.3 Å². The number of anilines is 2. The minimum atomic E-state index is -4.03. The van der Waals surface area contributed by atoms with Gasteiger partial charge in [0.15, 0.2) is 0 Å². The molecule has 6 nitrogen and oxygen atoms in total. The molecule has 2 atom stereocenters. The van der Waals surface area contributed by atoms with Gasteiger partial charge in [-0.2, -0.15) is 0 Å². The molecule has 0 aliphatic carbocycles. The van der Waals surface area contributed by atoms with Gasteiger partial charge in [-0.05, 0) is 68.1 Å². The lowest BCUT2D eigenvalue weighted by Crippen LogP contribution is -2.54. The molecule has 3 aromatic rings. The Morgan fingerprint density at radius 3 is 2.45 bits per heavy atom. The fourth-order valence-corrected chi connectivity index (χ4v) is 5.97. The van der Waals surface area contributed by atoms with E-state index in [1.54, 1.807) is 12.1 Å². The minimum Gasteiger partial charge on any atom is -0.495 e. The molecule has 1 aliphatic rings. The molecule has 2 heterocycles. The van der Waals surface area contributed by atoms with Crippen molar-refractivity contribution in [1.82, 2.24) is 5.32 Å². The molecule has 0 saturated carbocycles. The maximum atomic E-state index is 14.8. The SMILES string of the molecule is COc1ccc(N2C[C@@H](C)N[C@@H](C)C2)cc1NS(=O)(=O)c1ccc(-c2csc(C)c2)c(F)c1. The van der Waals surface area contributed by atoms with Gasteiger partial charge < -0.3 is 15.0 Å². The van der Waals surface area contributed by atoms with Crippen LogP contribution in [-0.2, 0) is 10.0 Å². The van der Waals surface area contributed by atoms with Crippen LogP contribution >= 0.6 is 11.3 Å². The van der Waals surface area contributed by atoms with Crippen molar-refractivity contribution in [3.05, 3.63) is 58.5 Å². The van der Waals surface area contributed by atoms with Crippen molar-refractivity contribution in [3.8, 4) is 16.9 Å². The van der Waals surface area contributed by atoms with E-state index >= 15 is 0 Å². The van der Waals surface area contributed by atoms with Crippen LogP contribution in [0, 0.1) is 12.7 Å². The highest BCUT2D eigenvalue weighted by Crippen LogP contribution is 2.33. The lowest BCUT2D eigenvalue weighted by Gasteiger charge is -2.38. The highest BCUT2D eigenvalue weighted by atomic mass is 32.2. The molecule has 1 aliphatic heterocycles. The van der Waals surface area contributed by atoms with E-state index in [0.29, 0.717) is 29.1 Å². The number of ether oxygens (including phenoxy) is 1. The van der Waals surface area contributed by atoms with Crippen LogP contribution in [0.25, 0.3) is 11.1 Å². The summed E-state index contributed by atoms with van der Waals surface area (Å²) in [5.74, 6) is -0.190. The van der Waals surface area contributed by atoms with Crippen LogP contribution in [0.15, 0.2) is 52.7 Å². The second kappa shape index (κ2) is 9.32. The number of aryl methyl sites for hydroxylation is 1. The Labute approximate surface area is 198 Å². The lowest BCUT2D eigenvalue weighted by atomic mass is 10.1. The molecule has 0 spiro atoms. The van der Waals surface area contributed by atoms with Crippen LogP contribution in [0.5, 0.6) is 5.75 Å². The third-order valence-corrected chi connectivity index (χ3v) is 7.87. The molecular formula is C24H28FN3O3S2. The van der Waals surface area contributed by atoms with E-state index in [4.69, 9.17) is 4.74 Å². The van der Waals surface area contributed by atoms with E-state index in [-0.39, 0.29) is 4.90 Å². The van der Waals surface area contributed by atoms with Crippen molar-refractivity contribution in [1.29, 1.82) is 0 Å². The molecule has 1 aromatic heterocycles. The molecule has 0 amide bonds. The Hall–Kier alpha value is -2.62. The number of sulfonamides is 1. The van der Waals surface area contributed by atoms with Crippen molar-refractivity contribution in [2.45, 2.75) is 37.8 Å². The summed E-state index contributed by atoms with van der Waals surface area (Å²) in [6.45, 7) is 7.78. The summed E-state index contributed by atoms with van der Waals surface area (Å²) < 4.78 is 49.0. The number of hydrogen-bond acceptors (Lipinski definition) is 6. The second-order valence-corrected chi connectivity index (χ2v) is 11.2. The first kappa shape index (κ1) is 23.5. The smallest absolute Gasteiger partial charge is 0.262 e. The lowest BCUT2D eigenvalue weighted by molar-refractivity contribution is 0.406. The topological polar surface area (TPSA) is 70.7 Å². The summed E-state index contributed by atoms with van der Waals surface area (Å²) in [5.41, 5.74) is 2.32. The van der Waals surface area contributed by atoms with E-state index in [1.807, 2.05) is 24.4 Å². The van der Waals surface area contributed by atoms with E-state index in [9.17, 15) is 12.8 Å². The van der Waals surface area contributed by atoms with Crippen LogP contribution in [0.3, 0.4) is 0 Å². The number of nitrogens with zero attached hydrogens (tertiary/aromatic N) is 1. The molecule has 176 valence electrons. The number of rotatable bonds is 6. The summed E-state index contributed by atoms with van der Waals surface area (Å²) in [5, 5.41) is 5.34. The first-order valence-electron chi connectivity index (χ1n) is 10.7. The van der Waals surface area contributed by atoms with Crippen molar-refractivity contribution in [2.75, 3.05) is 29.8 Å². The molecule has 0 bridgehead atoms. The quantitative estimate of drug-likeness (QED) is 0.518. The number of thiophene rings is 1. The Balaban J connectivity index is 1.63. The Kier molecular flexibility index (Phi) is 6.65. The van der Waals surface area contributed by atoms with Gasteiger partial charge in [-0.3, -0.25) is 4.72 Å². The van der Waals surface area contributed by atoms with Gasteiger partial charge in [-0.25, -0.2) is 12.8 Å². The summed E-state index contributed by atoms with van der Waals surface area (Å²) >= 11 is 1.52. The molecule has 2 N–H and O–H groups in total. The molecule has 1 saturated heterocycles. The maximum Gasteiger partial charge on any atom is 0.262 e. The van der Waals surface area contributed by atoms with E-state index in [1.165, 1.54) is 30.6 Å². The average Bonchev–Trinajstić information content (AvgIpc) is 3.18. The number of halogens is 1. The number of piperazine rings is 1. The second-order valence-electron chi connectivity index (χ2n) is 8.45. The Bertz CT molecular complexity index is 1250. The molecule has 2 aromatic carbocycles. The highest BCUT2D eigenvalue weighted by molar-refractivity contribution is 7.92. The van der Waals surface area contributed by atoms with Gasteiger partial charge in [-0.1, -0.05) is 6.07 Å². The third kappa shape index (κ3) is 5.15. The molecule has 0 unspecified atom stereocenters. The van der Waals surface area contributed by atoms with Crippen molar-refractivity contribution in [2.24, 2.45) is 0 Å². The largest absolute Gasteiger partial charge is 0.495 e. The normalized spacial score (nSPS) is 18.9. The monoisotopic (exact) mass is 489 g/mol. The van der Waals surface area contributed by atoms with Crippen molar-refractivity contribution >= 4 is 32.7 Å². The van der Waals surface area contributed by atoms with Crippen LogP contribution < -0.4 is 19.7 Å². The number of benzene rings is 2. The highest BCUT2D eigenvalue weighted by Gasteiger charge is 2.24. The first-order chi connectivity index (χ1) is 15.7. The van der Waals surface area contributed by atoms with Crippen LogP contribution in [-0.4, -0.2) is 40.7 Å². The van der Waals surface area contributed by atoms with E-state index in [0.717, 1.165) is 35.3 Å². The summed E-state index contributed by atoms with van der Waals surface area (Å²) in [4.78, 5) is 3.12. The Morgan fingerprint density at radius 2 is 1.85 bits per heavy atom. The molecular weight excluding hydrogens is 461 g/mol. The van der Waals surface area contributed by atoms with Crippen LogP contribution in [0.4, 0.5) is 15.8 Å². The predicted molar refractivity (Wildman–Crippen MR) is 133 cm³/mol. The third-order valence-electron chi connectivity index (χ3n) is 5.64. The van der Waals surface area contributed by atoms with Crippen LogP contribution in [0.2, 0.25) is 0 Å². The summed E-state index contributed by atoms with van der Waals surface area (Å²) in [6, 6.07) is 11.9. The average molecular weight is 490 g/mol. The molecule has 9 heteroatoms. The predicted octanol–water partition coefficient (Wildman–Crippen LogP) is 4.86. The maximum absolute atomic E-state index is 14.8. The van der Waals surface area contributed by atoms with Gasteiger partial charge >= 0.3 is 0 Å². The first-order valence-corrected chi connectivity index (χ1v) is 13.1. The molecule has 0 radical (unpaired) electrons. The number of hydrogen-bond donors (Lipinski definition) is 2. The van der Waals surface area contributed by atoms with Gasteiger partial charge in [0, 0.05) is 41.3 Å². The zero-order valence-corrected chi connectivity index (χ0v) is 20.7. The van der Waals surface area contributed by atoms with Gasteiger partial charge in [0.25, 0.3) is 10.0 Å².